The van der Waals surface area contributed by atoms with Crippen LogP contribution >= 0.6 is 11.8 Å². The summed E-state index contributed by atoms with van der Waals surface area (Å²) in [5.41, 5.74) is 3.21. The number of aliphatic imine (C=N–C) groups is 1. The Kier molecular flexibility index (Phi) is 3.71. The molecule has 1 aliphatic rings. The highest BCUT2D eigenvalue weighted by molar-refractivity contribution is 8.05. The number of thioether (sulfide) groups is 1. The van der Waals surface area contributed by atoms with Crippen molar-refractivity contribution in [3.63, 3.8) is 0 Å². The number of carbonyl (C=O) groups is 1. The molecule has 3 rings (SSSR count). The maximum Gasteiger partial charge on any atom is 0.260 e. The number of amides is 1. The lowest BCUT2D eigenvalue weighted by Crippen LogP contribution is -2.22. The molecule has 0 saturated carbocycles. The smallest absolute Gasteiger partial charge is 0.260 e. The Labute approximate surface area is 126 Å². The van der Waals surface area contributed by atoms with E-state index in [9.17, 15) is 4.79 Å². The van der Waals surface area contributed by atoms with Crippen LogP contribution in [0.4, 0.5) is 5.69 Å². The molecular formula is C16H11N3OS. The van der Waals surface area contributed by atoms with E-state index in [0.29, 0.717) is 5.69 Å². The second-order valence-corrected chi connectivity index (χ2v) is 5.30. The number of hydrogen-bond acceptors (Lipinski definition) is 4. The van der Waals surface area contributed by atoms with Crippen molar-refractivity contribution >= 4 is 29.1 Å². The molecule has 0 fully saturated rings. The normalized spacial score (nSPS) is 17.0. The van der Waals surface area contributed by atoms with Gasteiger partial charge in [-0.1, -0.05) is 48.5 Å². The van der Waals surface area contributed by atoms with Crippen LogP contribution in [0, 0.1) is 10.7 Å². The first-order valence-corrected chi connectivity index (χ1v) is 7.26. The number of carbonyl (C=O) groups excluding carboxylic acids is 1. The van der Waals surface area contributed by atoms with Crippen molar-refractivity contribution < 1.29 is 4.79 Å². The average Bonchev–Trinajstić information content (AvgIpc) is 2.66. The topological polar surface area (TPSA) is 65.2 Å². The van der Waals surface area contributed by atoms with Gasteiger partial charge in [0.05, 0.1) is 11.4 Å². The van der Waals surface area contributed by atoms with Gasteiger partial charge in [0.1, 0.15) is 5.40 Å². The molecule has 2 aromatic carbocycles. The highest BCUT2D eigenvalue weighted by Crippen LogP contribution is 2.26. The predicted octanol–water partition coefficient (Wildman–Crippen LogP) is 3.02. The van der Waals surface area contributed by atoms with E-state index in [1.54, 1.807) is 0 Å². The van der Waals surface area contributed by atoms with E-state index >= 15 is 0 Å². The Morgan fingerprint density at radius 1 is 1.10 bits per heavy atom. The fraction of sp³-hybridized carbons (Fsp3) is 0.0625. The van der Waals surface area contributed by atoms with E-state index < -0.39 is 5.37 Å². The lowest BCUT2D eigenvalue weighted by Gasteiger charge is -2.09. The van der Waals surface area contributed by atoms with Crippen molar-refractivity contribution in [1.82, 2.24) is 0 Å². The van der Waals surface area contributed by atoms with E-state index in [-0.39, 0.29) is 5.91 Å². The molecule has 1 N–H and O–H groups in total. The molecule has 1 atom stereocenters. The molecular weight excluding hydrogens is 282 g/mol. The van der Waals surface area contributed by atoms with Gasteiger partial charge < -0.3 is 5.32 Å². The molecule has 102 valence electrons. The van der Waals surface area contributed by atoms with Crippen molar-refractivity contribution in [1.29, 1.82) is 5.26 Å². The van der Waals surface area contributed by atoms with Crippen LogP contribution in [0.5, 0.6) is 0 Å². The number of benzodiazepines with no additional fused rings is 1. The van der Waals surface area contributed by atoms with Crippen LogP contribution in [-0.4, -0.2) is 17.0 Å². The van der Waals surface area contributed by atoms with Crippen LogP contribution in [0.1, 0.15) is 11.1 Å². The molecule has 1 aliphatic heterocycles. The largest absolute Gasteiger partial charge is 0.323 e. The van der Waals surface area contributed by atoms with Crippen LogP contribution < -0.4 is 5.32 Å². The molecule has 0 aliphatic carbocycles. The molecule has 1 amide bonds. The van der Waals surface area contributed by atoms with Gasteiger partial charge in [-0.3, -0.25) is 9.79 Å². The third-order valence-electron chi connectivity index (χ3n) is 3.12. The number of nitrogens with zero attached hydrogens (tertiary/aromatic N) is 2. The van der Waals surface area contributed by atoms with Crippen LogP contribution in [0.2, 0.25) is 0 Å². The van der Waals surface area contributed by atoms with Crippen molar-refractivity contribution in [2.24, 2.45) is 4.99 Å². The number of anilines is 1. The first-order valence-electron chi connectivity index (χ1n) is 6.38. The Morgan fingerprint density at radius 2 is 1.81 bits per heavy atom. The van der Waals surface area contributed by atoms with Gasteiger partial charge in [-0.15, -0.1) is 0 Å². The molecule has 0 saturated heterocycles. The van der Waals surface area contributed by atoms with Gasteiger partial charge in [-0.2, -0.15) is 5.26 Å². The van der Waals surface area contributed by atoms with E-state index in [4.69, 9.17) is 5.26 Å². The lowest BCUT2D eigenvalue weighted by atomic mass is 10.0. The van der Waals surface area contributed by atoms with E-state index in [1.165, 1.54) is 0 Å². The number of benzene rings is 2. The van der Waals surface area contributed by atoms with Gasteiger partial charge in [0.15, 0.2) is 5.37 Å². The SMILES string of the molecule is N#CSC1N=C(c2ccccc2)c2ccccc2NC1=O. The third-order valence-corrected chi connectivity index (χ3v) is 3.77. The minimum atomic E-state index is -0.766. The van der Waals surface area contributed by atoms with Crippen LogP contribution in [0.15, 0.2) is 59.6 Å². The van der Waals surface area contributed by atoms with Gasteiger partial charge in [-0.25, -0.2) is 0 Å². The fourth-order valence-electron chi connectivity index (χ4n) is 2.19. The molecule has 5 heteroatoms. The van der Waals surface area contributed by atoms with Crippen LogP contribution in [-0.2, 0) is 4.79 Å². The zero-order chi connectivity index (χ0) is 14.7. The molecule has 0 spiro atoms. The average molecular weight is 293 g/mol. The molecule has 2 aromatic rings. The zero-order valence-corrected chi connectivity index (χ0v) is 11.8. The third kappa shape index (κ3) is 2.67. The Balaban J connectivity index is 2.18. The number of rotatable bonds is 2. The number of thiocyanates is 1. The fourth-order valence-corrected chi connectivity index (χ4v) is 2.62. The Morgan fingerprint density at radius 3 is 2.57 bits per heavy atom. The first-order chi connectivity index (χ1) is 10.3. The molecule has 0 aromatic heterocycles. The molecule has 0 radical (unpaired) electrons. The van der Waals surface area contributed by atoms with Crippen molar-refractivity contribution in [2.45, 2.75) is 5.37 Å². The highest BCUT2D eigenvalue weighted by atomic mass is 32.2. The second-order valence-electron chi connectivity index (χ2n) is 4.44. The van der Waals surface area contributed by atoms with Crippen molar-refractivity contribution in [2.75, 3.05) is 5.32 Å². The monoisotopic (exact) mass is 293 g/mol. The summed E-state index contributed by atoms with van der Waals surface area (Å²) in [5, 5.41) is 12.9. The van der Waals surface area contributed by atoms with Gasteiger partial charge in [0, 0.05) is 11.1 Å². The van der Waals surface area contributed by atoms with Crippen molar-refractivity contribution in [3.8, 4) is 5.40 Å². The summed E-state index contributed by atoms with van der Waals surface area (Å²) < 4.78 is 0. The molecule has 0 bridgehead atoms. The summed E-state index contributed by atoms with van der Waals surface area (Å²) in [4.78, 5) is 16.7. The Hall–Kier alpha value is -2.58. The quantitative estimate of drug-likeness (QED) is 0.866. The summed E-state index contributed by atoms with van der Waals surface area (Å²) >= 11 is 0.849. The maximum atomic E-state index is 12.2. The Bertz CT molecular complexity index is 750. The van der Waals surface area contributed by atoms with E-state index in [0.717, 1.165) is 28.6 Å². The number of fused-ring (bicyclic) bond motifs is 1. The summed E-state index contributed by atoms with van der Waals surface area (Å²) in [5.74, 6) is -0.278. The first kappa shape index (κ1) is 13.4. The number of nitriles is 1. The lowest BCUT2D eigenvalue weighted by molar-refractivity contribution is -0.115. The van der Waals surface area contributed by atoms with Crippen LogP contribution in [0.3, 0.4) is 0 Å². The van der Waals surface area contributed by atoms with Crippen LogP contribution in [0.25, 0.3) is 0 Å². The molecule has 4 nitrogen and oxygen atoms in total. The zero-order valence-electron chi connectivity index (χ0n) is 11.0. The molecule has 1 unspecified atom stereocenters. The van der Waals surface area contributed by atoms with Gasteiger partial charge >= 0.3 is 0 Å². The van der Waals surface area contributed by atoms with Gasteiger partial charge in [-0.05, 0) is 17.8 Å². The summed E-state index contributed by atoms with van der Waals surface area (Å²) in [7, 11) is 0. The summed E-state index contributed by atoms with van der Waals surface area (Å²) in [6.45, 7) is 0. The number of hydrogen-bond donors (Lipinski definition) is 1. The molecule has 21 heavy (non-hydrogen) atoms. The highest BCUT2D eigenvalue weighted by Gasteiger charge is 2.25. The minimum absolute atomic E-state index is 0.278. The molecule has 1 heterocycles. The number of para-hydroxylation sites is 1. The van der Waals surface area contributed by atoms with Crippen molar-refractivity contribution in [3.05, 3.63) is 65.7 Å². The maximum absolute atomic E-state index is 12.2. The standard InChI is InChI=1S/C16H11N3OS/c17-10-21-16-15(20)18-13-9-5-4-8-12(13)14(19-16)11-6-2-1-3-7-11/h1-9,16H,(H,18,20). The number of nitrogens with one attached hydrogen (secondary N) is 1. The van der Waals surface area contributed by atoms with Gasteiger partial charge in [0.25, 0.3) is 5.91 Å². The van der Waals surface area contributed by atoms with E-state index in [2.05, 4.69) is 10.3 Å². The second kappa shape index (κ2) is 5.81. The van der Waals surface area contributed by atoms with Gasteiger partial charge in [0.2, 0.25) is 0 Å². The minimum Gasteiger partial charge on any atom is -0.323 e. The van der Waals surface area contributed by atoms with E-state index in [1.807, 2.05) is 60.0 Å². The predicted molar refractivity (Wildman–Crippen MR) is 84.1 cm³/mol. The summed E-state index contributed by atoms with van der Waals surface area (Å²) in [6.07, 6.45) is 0. The summed E-state index contributed by atoms with van der Waals surface area (Å²) in [6, 6.07) is 17.2.